The molecule has 1 aromatic carbocycles. The number of benzene rings is 1. The molecule has 0 N–H and O–H groups in total. The van der Waals surface area contributed by atoms with Crippen molar-refractivity contribution in [2.24, 2.45) is 0 Å². The van der Waals surface area contributed by atoms with Gasteiger partial charge >= 0.3 is 8.80 Å². The molecule has 0 aliphatic rings. The molecule has 0 bridgehead atoms. The molecule has 4 nitrogen and oxygen atoms in total. The molecule has 1 aromatic rings. The highest BCUT2D eigenvalue weighted by atomic mass is 28.4. The Hall–Kier alpha value is -0.666. The van der Waals surface area contributed by atoms with Crippen LogP contribution in [0.2, 0.25) is 18.1 Å². The second-order valence-corrected chi connectivity index (χ2v) is 13.8. The second kappa shape index (κ2) is 11.1. The number of hydrogen-bond acceptors (Lipinski definition) is 4. The van der Waals surface area contributed by atoms with Gasteiger partial charge in [0.2, 0.25) is 0 Å². The average molecular weight is 384 g/mol. The highest BCUT2D eigenvalue weighted by Crippen LogP contribution is 2.32. The van der Waals surface area contributed by atoms with E-state index in [9.17, 15) is 0 Å². The third-order valence-corrected chi connectivity index (χ3v) is 13.8. The molecule has 6 heteroatoms. The standard InChI is InChI=1S/C19H37NO3Si2/c1-7-21-25(22-8-2,23-9-3)18-20(19-16-14-13-15-17-19)24(10-4,11-5)12-6/h13-17H,7-12,18H2,1-6H3. The number of rotatable bonds is 13. The lowest BCUT2D eigenvalue weighted by Crippen LogP contribution is -2.63. The molecule has 0 spiro atoms. The summed E-state index contributed by atoms with van der Waals surface area (Å²) in [7, 11) is -4.40. The van der Waals surface area contributed by atoms with Crippen molar-refractivity contribution >= 4 is 22.7 Å². The maximum absolute atomic E-state index is 6.17. The van der Waals surface area contributed by atoms with Crippen molar-refractivity contribution in [2.75, 3.05) is 30.6 Å². The van der Waals surface area contributed by atoms with Crippen LogP contribution in [-0.2, 0) is 13.3 Å². The Morgan fingerprint density at radius 1 is 0.720 bits per heavy atom. The van der Waals surface area contributed by atoms with Crippen molar-refractivity contribution in [3.05, 3.63) is 30.3 Å². The fourth-order valence-electron chi connectivity index (χ4n) is 3.58. The first-order valence-electron chi connectivity index (χ1n) is 9.81. The van der Waals surface area contributed by atoms with Crippen molar-refractivity contribution in [3.8, 4) is 0 Å². The van der Waals surface area contributed by atoms with E-state index < -0.39 is 17.0 Å². The van der Waals surface area contributed by atoms with Gasteiger partial charge in [-0.15, -0.1) is 0 Å². The van der Waals surface area contributed by atoms with Crippen molar-refractivity contribution in [2.45, 2.75) is 59.7 Å². The molecular weight excluding hydrogens is 346 g/mol. The molecule has 25 heavy (non-hydrogen) atoms. The number of para-hydroxylation sites is 1. The second-order valence-electron chi connectivity index (χ2n) is 6.19. The van der Waals surface area contributed by atoms with Crippen molar-refractivity contribution in [1.29, 1.82) is 0 Å². The fraction of sp³-hybridized carbons (Fsp3) is 0.684. The smallest absolute Gasteiger partial charge is 0.393 e. The average Bonchev–Trinajstić information content (AvgIpc) is 2.64. The molecule has 0 unspecified atom stereocenters. The normalized spacial score (nSPS) is 12.4. The van der Waals surface area contributed by atoms with E-state index in [-0.39, 0.29) is 0 Å². The number of hydrogen-bond donors (Lipinski definition) is 0. The lowest BCUT2D eigenvalue weighted by molar-refractivity contribution is 0.0730. The van der Waals surface area contributed by atoms with Gasteiger partial charge in [0.15, 0.2) is 8.24 Å². The van der Waals surface area contributed by atoms with Crippen LogP contribution in [0.5, 0.6) is 0 Å². The van der Waals surface area contributed by atoms with Gasteiger partial charge in [-0.25, -0.2) is 0 Å². The van der Waals surface area contributed by atoms with Crippen molar-refractivity contribution < 1.29 is 13.3 Å². The van der Waals surface area contributed by atoms with E-state index in [0.29, 0.717) is 19.8 Å². The lowest BCUT2D eigenvalue weighted by Gasteiger charge is -2.45. The molecule has 0 heterocycles. The Balaban J connectivity index is 3.34. The van der Waals surface area contributed by atoms with Crippen LogP contribution in [0.4, 0.5) is 5.69 Å². The summed E-state index contributed by atoms with van der Waals surface area (Å²) in [5.74, 6) is 0. The first-order chi connectivity index (χ1) is 12.1. The van der Waals surface area contributed by atoms with Crippen LogP contribution in [0, 0.1) is 0 Å². The fourth-order valence-corrected chi connectivity index (χ4v) is 11.3. The van der Waals surface area contributed by atoms with Crippen molar-refractivity contribution in [3.63, 3.8) is 0 Å². The van der Waals surface area contributed by atoms with E-state index in [4.69, 9.17) is 13.3 Å². The van der Waals surface area contributed by atoms with Crippen LogP contribution >= 0.6 is 0 Å². The summed E-state index contributed by atoms with van der Waals surface area (Å²) in [6.45, 7) is 14.9. The Morgan fingerprint density at radius 3 is 1.52 bits per heavy atom. The molecule has 1 rings (SSSR count). The highest BCUT2D eigenvalue weighted by Gasteiger charge is 2.47. The van der Waals surface area contributed by atoms with Crippen molar-refractivity contribution in [1.82, 2.24) is 0 Å². The van der Waals surface area contributed by atoms with Gasteiger partial charge in [0.1, 0.15) is 0 Å². The van der Waals surface area contributed by atoms with E-state index >= 15 is 0 Å². The SMILES string of the molecule is CCO[Si](CN(c1ccccc1)[Si](CC)(CC)CC)(OCC)OCC. The molecular formula is C19H37NO3Si2. The van der Waals surface area contributed by atoms with Gasteiger partial charge in [-0.1, -0.05) is 39.0 Å². The van der Waals surface area contributed by atoms with E-state index in [2.05, 4.69) is 55.7 Å². The molecule has 0 saturated carbocycles. The molecule has 0 aromatic heterocycles. The molecule has 0 radical (unpaired) electrons. The summed E-state index contributed by atoms with van der Waals surface area (Å²) in [4.78, 5) is 0. The maximum atomic E-state index is 6.17. The lowest BCUT2D eigenvalue weighted by atomic mass is 10.3. The van der Waals surface area contributed by atoms with Gasteiger partial charge in [0.05, 0.1) is 6.17 Å². The molecule has 0 amide bonds. The van der Waals surface area contributed by atoms with Gasteiger partial charge in [-0.3, -0.25) is 0 Å². The molecule has 0 aliphatic carbocycles. The summed E-state index contributed by atoms with van der Waals surface area (Å²) in [5, 5.41) is 0. The predicted molar refractivity (Wildman–Crippen MR) is 112 cm³/mol. The summed E-state index contributed by atoms with van der Waals surface area (Å²) < 4.78 is 21.1. The first kappa shape index (κ1) is 22.4. The third kappa shape index (κ3) is 5.66. The summed E-state index contributed by atoms with van der Waals surface area (Å²) in [5.41, 5.74) is 1.27. The van der Waals surface area contributed by atoms with Gasteiger partial charge in [-0.05, 0) is 51.0 Å². The van der Waals surface area contributed by atoms with E-state index in [1.54, 1.807) is 0 Å². The Bertz CT molecular complexity index is 444. The zero-order chi connectivity index (χ0) is 18.8. The van der Waals surface area contributed by atoms with Crippen LogP contribution in [0.15, 0.2) is 30.3 Å². The first-order valence-corrected chi connectivity index (χ1v) is 14.3. The summed E-state index contributed by atoms with van der Waals surface area (Å²) in [6.07, 6.45) is 0.744. The monoisotopic (exact) mass is 383 g/mol. The maximum Gasteiger partial charge on any atom is 0.520 e. The quantitative estimate of drug-likeness (QED) is 0.444. The van der Waals surface area contributed by atoms with E-state index in [1.165, 1.54) is 23.8 Å². The van der Waals surface area contributed by atoms with Crippen LogP contribution in [0.1, 0.15) is 41.5 Å². The topological polar surface area (TPSA) is 30.9 Å². The van der Waals surface area contributed by atoms with E-state index in [1.807, 2.05) is 20.8 Å². The number of anilines is 1. The Morgan fingerprint density at radius 2 is 1.16 bits per heavy atom. The molecule has 0 aliphatic heterocycles. The zero-order valence-corrected chi connectivity index (χ0v) is 19.0. The Labute approximate surface area is 156 Å². The van der Waals surface area contributed by atoms with Crippen LogP contribution in [-0.4, -0.2) is 43.0 Å². The molecule has 0 saturated heterocycles. The predicted octanol–water partition coefficient (Wildman–Crippen LogP) is 5.09. The highest BCUT2D eigenvalue weighted by molar-refractivity contribution is 6.84. The van der Waals surface area contributed by atoms with Gasteiger partial charge < -0.3 is 17.8 Å². The largest absolute Gasteiger partial charge is 0.520 e. The van der Waals surface area contributed by atoms with Gasteiger partial charge in [0.25, 0.3) is 0 Å². The van der Waals surface area contributed by atoms with Gasteiger partial charge in [-0.2, -0.15) is 0 Å². The minimum Gasteiger partial charge on any atom is -0.393 e. The Kier molecular flexibility index (Phi) is 9.96. The minimum absolute atomic E-state index is 0.619. The minimum atomic E-state index is -2.74. The van der Waals surface area contributed by atoms with Crippen LogP contribution < -0.4 is 4.57 Å². The molecule has 0 fully saturated rings. The van der Waals surface area contributed by atoms with E-state index in [0.717, 1.165) is 6.17 Å². The zero-order valence-electron chi connectivity index (χ0n) is 17.0. The summed E-state index contributed by atoms with van der Waals surface area (Å²) >= 11 is 0. The molecule has 0 atom stereocenters. The van der Waals surface area contributed by atoms with Crippen LogP contribution in [0.3, 0.4) is 0 Å². The summed E-state index contributed by atoms with van der Waals surface area (Å²) in [6, 6.07) is 14.4. The van der Waals surface area contributed by atoms with Crippen LogP contribution in [0.25, 0.3) is 0 Å². The molecule has 144 valence electrons. The van der Waals surface area contributed by atoms with Gasteiger partial charge in [0, 0.05) is 25.5 Å². The third-order valence-electron chi connectivity index (χ3n) is 5.06. The number of nitrogens with zero attached hydrogens (tertiary/aromatic N) is 1.